The van der Waals surface area contributed by atoms with Gasteiger partial charge in [0.05, 0.1) is 0 Å². The lowest BCUT2D eigenvalue weighted by atomic mass is 9.91. The summed E-state index contributed by atoms with van der Waals surface area (Å²) in [6, 6.07) is 48.1. The van der Waals surface area contributed by atoms with Crippen molar-refractivity contribution < 1.29 is 0 Å². The van der Waals surface area contributed by atoms with Crippen LogP contribution in [0.3, 0.4) is 0 Å². The van der Waals surface area contributed by atoms with Gasteiger partial charge < -0.3 is 4.90 Å². The van der Waals surface area contributed by atoms with Crippen molar-refractivity contribution in [2.75, 3.05) is 4.90 Å². The van der Waals surface area contributed by atoms with Gasteiger partial charge in [0.25, 0.3) is 0 Å². The maximum absolute atomic E-state index is 3.55. The van der Waals surface area contributed by atoms with E-state index in [9.17, 15) is 0 Å². The molecule has 0 aliphatic carbocycles. The van der Waals surface area contributed by atoms with Crippen LogP contribution in [0.25, 0.3) is 43.4 Å². The molecule has 0 fully saturated rings. The first-order valence-electron chi connectivity index (χ1n) is 12.1. The fourth-order valence-corrected chi connectivity index (χ4v) is 5.63. The average Bonchev–Trinajstić information content (AvgIpc) is 2.93. The largest absolute Gasteiger partial charge is 0.310 e. The van der Waals surface area contributed by atoms with Gasteiger partial charge in [-0.3, -0.25) is 0 Å². The molecule has 0 bridgehead atoms. The molecular weight excluding hydrogens is 502 g/mol. The zero-order valence-electron chi connectivity index (χ0n) is 19.5. The normalized spacial score (nSPS) is 11.5. The quantitative estimate of drug-likeness (QED) is 0.207. The number of halogens is 1. The summed E-state index contributed by atoms with van der Waals surface area (Å²) in [4.78, 5) is 2.33. The molecule has 0 atom stereocenters. The van der Waals surface area contributed by atoms with Gasteiger partial charge in [0, 0.05) is 21.5 Å². The van der Waals surface area contributed by atoms with E-state index in [0.717, 1.165) is 21.5 Å². The summed E-state index contributed by atoms with van der Waals surface area (Å²) in [5.41, 5.74) is 5.93. The first-order valence-corrected chi connectivity index (χ1v) is 12.9. The number of hydrogen-bond acceptors (Lipinski definition) is 1. The fraction of sp³-hybridized carbons (Fsp3) is 0. The van der Waals surface area contributed by atoms with Crippen LogP contribution in [0, 0.1) is 0 Å². The summed E-state index contributed by atoms with van der Waals surface area (Å²) in [6.07, 6.45) is 0. The van der Waals surface area contributed by atoms with Crippen molar-refractivity contribution in [1.29, 1.82) is 0 Å². The Hall–Kier alpha value is -4.14. The standard InChI is InChI=1S/C34H22BrN/c35-29-17-15-23(16-18-29)28-19-24-11-13-26-21-32(22-27-14-12-25(20-28)33(24)34(26)27)36(30-7-3-1-4-8-30)31-9-5-2-6-10-31/h1-22H. The van der Waals surface area contributed by atoms with Crippen LogP contribution in [-0.4, -0.2) is 0 Å². The minimum Gasteiger partial charge on any atom is -0.310 e. The molecule has 0 aliphatic heterocycles. The van der Waals surface area contributed by atoms with Gasteiger partial charge in [-0.1, -0.05) is 88.7 Å². The molecule has 7 aromatic rings. The van der Waals surface area contributed by atoms with Crippen molar-refractivity contribution in [3.63, 3.8) is 0 Å². The van der Waals surface area contributed by atoms with Crippen LogP contribution < -0.4 is 4.90 Å². The van der Waals surface area contributed by atoms with Crippen molar-refractivity contribution in [1.82, 2.24) is 0 Å². The predicted octanol–water partition coefficient (Wildman–Crippen LogP) is 10.5. The third-order valence-electron chi connectivity index (χ3n) is 6.98. The van der Waals surface area contributed by atoms with Gasteiger partial charge in [0.1, 0.15) is 0 Å². The Morgan fingerprint density at radius 1 is 0.389 bits per heavy atom. The molecule has 0 N–H and O–H groups in total. The highest BCUT2D eigenvalue weighted by atomic mass is 79.9. The molecule has 170 valence electrons. The summed E-state index contributed by atoms with van der Waals surface area (Å²) in [5, 5.41) is 7.74. The molecule has 36 heavy (non-hydrogen) atoms. The van der Waals surface area contributed by atoms with E-state index in [1.165, 1.54) is 43.4 Å². The zero-order chi connectivity index (χ0) is 24.1. The summed E-state index contributed by atoms with van der Waals surface area (Å²) >= 11 is 3.55. The van der Waals surface area contributed by atoms with Gasteiger partial charge >= 0.3 is 0 Å². The molecule has 7 aromatic carbocycles. The third kappa shape index (κ3) is 3.54. The lowest BCUT2D eigenvalue weighted by Crippen LogP contribution is -2.09. The third-order valence-corrected chi connectivity index (χ3v) is 7.51. The molecule has 0 aromatic heterocycles. The van der Waals surface area contributed by atoms with Crippen molar-refractivity contribution in [2.24, 2.45) is 0 Å². The minimum absolute atomic E-state index is 1.10. The predicted molar refractivity (Wildman–Crippen MR) is 158 cm³/mol. The Bertz CT molecular complexity index is 1720. The molecule has 7 rings (SSSR count). The summed E-state index contributed by atoms with van der Waals surface area (Å²) in [7, 11) is 0. The number of benzene rings is 7. The molecule has 0 saturated heterocycles. The second kappa shape index (κ2) is 8.51. The Balaban J connectivity index is 1.44. The van der Waals surface area contributed by atoms with Crippen LogP contribution in [0.1, 0.15) is 0 Å². The van der Waals surface area contributed by atoms with E-state index in [1.54, 1.807) is 0 Å². The van der Waals surface area contributed by atoms with Crippen LogP contribution in [0.2, 0.25) is 0 Å². The van der Waals surface area contributed by atoms with Gasteiger partial charge in [0.15, 0.2) is 0 Å². The van der Waals surface area contributed by atoms with Crippen LogP contribution in [0.15, 0.2) is 138 Å². The fourth-order valence-electron chi connectivity index (χ4n) is 5.36. The number of hydrogen-bond donors (Lipinski definition) is 0. The summed E-state index contributed by atoms with van der Waals surface area (Å²) in [6.45, 7) is 0. The van der Waals surface area contributed by atoms with Crippen molar-refractivity contribution in [3.8, 4) is 11.1 Å². The van der Waals surface area contributed by atoms with Crippen molar-refractivity contribution in [3.05, 3.63) is 138 Å². The van der Waals surface area contributed by atoms with E-state index in [4.69, 9.17) is 0 Å². The molecular formula is C34H22BrN. The van der Waals surface area contributed by atoms with Crippen LogP contribution in [-0.2, 0) is 0 Å². The van der Waals surface area contributed by atoms with Crippen molar-refractivity contribution in [2.45, 2.75) is 0 Å². The molecule has 0 heterocycles. The molecule has 2 heteroatoms. The number of rotatable bonds is 4. The summed E-state index contributed by atoms with van der Waals surface area (Å²) in [5.74, 6) is 0. The Morgan fingerprint density at radius 2 is 0.833 bits per heavy atom. The Morgan fingerprint density at radius 3 is 1.31 bits per heavy atom. The topological polar surface area (TPSA) is 3.24 Å². The van der Waals surface area contributed by atoms with E-state index in [2.05, 4.69) is 154 Å². The maximum atomic E-state index is 3.55. The second-order valence-electron chi connectivity index (χ2n) is 9.21. The molecule has 0 unspecified atom stereocenters. The van der Waals surface area contributed by atoms with Gasteiger partial charge in [0.2, 0.25) is 0 Å². The van der Waals surface area contributed by atoms with Gasteiger partial charge in [-0.25, -0.2) is 0 Å². The first-order chi connectivity index (χ1) is 17.7. The summed E-state index contributed by atoms with van der Waals surface area (Å²) < 4.78 is 1.10. The lowest BCUT2D eigenvalue weighted by Gasteiger charge is -2.26. The van der Waals surface area contributed by atoms with E-state index < -0.39 is 0 Å². The van der Waals surface area contributed by atoms with Gasteiger partial charge in [-0.05, 0) is 104 Å². The lowest BCUT2D eigenvalue weighted by molar-refractivity contribution is 1.29. The van der Waals surface area contributed by atoms with E-state index >= 15 is 0 Å². The Labute approximate surface area is 218 Å². The maximum Gasteiger partial charge on any atom is 0.0473 e. The van der Waals surface area contributed by atoms with Crippen LogP contribution in [0.5, 0.6) is 0 Å². The zero-order valence-corrected chi connectivity index (χ0v) is 21.1. The van der Waals surface area contributed by atoms with E-state index in [0.29, 0.717) is 0 Å². The van der Waals surface area contributed by atoms with E-state index in [1.807, 2.05) is 0 Å². The highest BCUT2D eigenvalue weighted by Crippen LogP contribution is 2.42. The average molecular weight is 524 g/mol. The minimum atomic E-state index is 1.10. The molecule has 0 spiro atoms. The van der Waals surface area contributed by atoms with E-state index in [-0.39, 0.29) is 0 Å². The molecule has 0 aliphatic rings. The second-order valence-corrected chi connectivity index (χ2v) is 10.1. The monoisotopic (exact) mass is 523 g/mol. The number of para-hydroxylation sites is 2. The highest BCUT2D eigenvalue weighted by molar-refractivity contribution is 9.10. The molecule has 0 radical (unpaired) electrons. The Kier molecular flexibility index (Phi) is 5.00. The molecule has 0 saturated carbocycles. The van der Waals surface area contributed by atoms with Crippen molar-refractivity contribution >= 4 is 65.3 Å². The van der Waals surface area contributed by atoms with Crippen LogP contribution >= 0.6 is 15.9 Å². The highest BCUT2D eigenvalue weighted by Gasteiger charge is 2.16. The van der Waals surface area contributed by atoms with Crippen LogP contribution in [0.4, 0.5) is 17.1 Å². The molecule has 0 amide bonds. The SMILES string of the molecule is Brc1ccc(-c2cc3ccc4cc(N(c5ccccc5)c5ccccc5)cc5ccc(c2)c3c45)cc1. The molecule has 1 nitrogen and oxygen atoms in total. The number of nitrogens with zero attached hydrogens (tertiary/aromatic N) is 1. The van der Waals surface area contributed by atoms with Gasteiger partial charge in [-0.2, -0.15) is 0 Å². The first kappa shape index (κ1) is 21.2. The van der Waals surface area contributed by atoms with Gasteiger partial charge in [-0.15, -0.1) is 0 Å². The number of anilines is 3. The smallest absolute Gasteiger partial charge is 0.0473 e.